The van der Waals surface area contributed by atoms with Crippen LogP contribution < -0.4 is 5.73 Å². The highest BCUT2D eigenvalue weighted by Crippen LogP contribution is 2.31. The molecule has 1 fully saturated rings. The minimum Gasteiger partial charge on any atom is -0.346 e. The van der Waals surface area contributed by atoms with Crippen molar-refractivity contribution < 1.29 is 8.78 Å². The van der Waals surface area contributed by atoms with Crippen molar-refractivity contribution in [2.75, 3.05) is 20.1 Å². The molecule has 174 valence electrons. The summed E-state index contributed by atoms with van der Waals surface area (Å²) in [6.45, 7) is -0.925. The van der Waals surface area contributed by atoms with Crippen LogP contribution in [-0.4, -0.2) is 57.5 Å². The van der Waals surface area contributed by atoms with E-state index in [4.69, 9.17) is 10.7 Å². The molecular formula is C25H25F2N7. The highest BCUT2D eigenvalue weighted by molar-refractivity contribution is 6.32. The Labute approximate surface area is 196 Å². The number of nitrogens with zero attached hydrogens (tertiary/aromatic N) is 6. The average Bonchev–Trinajstić information content (AvgIpc) is 3.28. The van der Waals surface area contributed by atoms with E-state index in [9.17, 15) is 14.0 Å². The lowest BCUT2D eigenvalue weighted by Gasteiger charge is -2.41. The summed E-state index contributed by atoms with van der Waals surface area (Å²) in [7, 11) is 1.99. The maximum absolute atomic E-state index is 13.3. The van der Waals surface area contributed by atoms with Gasteiger partial charge in [0.15, 0.2) is 6.29 Å². The van der Waals surface area contributed by atoms with E-state index in [2.05, 4.69) is 20.9 Å². The van der Waals surface area contributed by atoms with Gasteiger partial charge in [-0.3, -0.25) is 9.47 Å². The van der Waals surface area contributed by atoms with Crippen molar-refractivity contribution in [2.45, 2.75) is 31.7 Å². The summed E-state index contributed by atoms with van der Waals surface area (Å²) in [5.74, 6) is 0. The zero-order valence-corrected chi connectivity index (χ0v) is 18.8. The van der Waals surface area contributed by atoms with Crippen LogP contribution in [-0.2, 0) is 0 Å². The summed E-state index contributed by atoms with van der Waals surface area (Å²) < 4.78 is 27.4. The van der Waals surface area contributed by atoms with E-state index in [1.54, 1.807) is 18.2 Å². The third kappa shape index (κ3) is 4.06. The molecule has 1 aromatic heterocycles. The molecule has 5 rings (SSSR count). The second-order valence-electron chi connectivity index (χ2n) is 8.73. The monoisotopic (exact) mass is 461 g/mol. The number of likely N-dealkylation sites (tertiary alicyclic amines) is 1. The van der Waals surface area contributed by atoms with E-state index in [0.717, 1.165) is 59.2 Å². The Bertz CT molecular complexity index is 1300. The van der Waals surface area contributed by atoms with Gasteiger partial charge in [-0.2, -0.15) is 14.0 Å². The standard InChI is InChI=1S/C25H25F2N7/c1-32-14-20(18-6-7-22-21(12-18)30-15-34(22)24(26)27)23(17-4-2-16(13-28)3-5-17)31-25(32)33-10-8-19(29)9-11-33/h2-7,12,14-15,19,24-25H,8-11,29H2,1H3. The molecule has 2 aromatic carbocycles. The molecule has 1 unspecified atom stereocenters. The summed E-state index contributed by atoms with van der Waals surface area (Å²) in [6, 6.07) is 15.0. The molecule has 0 spiro atoms. The molecule has 1 saturated heterocycles. The normalized spacial score (nSPS) is 19.9. The number of nitrogens with two attached hydrogens (primary N) is 1. The van der Waals surface area contributed by atoms with E-state index in [1.807, 2.05) is 37.5 Å². The van der Waals surface area contributed by atoms with Gasteiger partial charge in [-0.15, -0.1) is 0 Å². The predicted molar refractivity (Wildman–Crippen MR) is 127 cm³/mol. The fraction of sp³-hybridized carbons (Fsp3) is 0.320. The van der Waals surface area contributed by atoms with Gasteiger partial charge in [0.25, 0.3) is 0 Å². The van der Waals surface area contributed by atoms with Gasteiger partial charge < -0.3 is 10.6 Å². The van der Waals surface area contributed by atoms with Gasteiger partial charge in [-0.1, -0.05) is 18.2 Å². The molecule has 0 amide bonds. The molecule has 0 saturated carbocycles. The van der Waals surface area contributed by atoms with Crippen LogP contribution in [0.15, 0.2) is 60.0 Å². The van der Waals surface area contributed by atoms with Crippen LogP contribution in [0, 0.1) is 11.3 Å². The molecule has 3 aromatic rings. The number of benzene rings is 2. The fourth-order valence-electron chi connectivity index (χ4n) is 4.60. The Balaban J connectivity index is 1.57. The molecule has 0 bridgehead atoms. The minimum atomic E-state index is -2.65. The number of hydrogen-bond donors (Lipinski definition) is 1. The zero-order chi connectivity index (χ0) is 23.8. The largest absolute Gasteiger partial charge is 0.346 e. The molecule has 2 N–H and O–H groups in total. The fourth-order valence-corrected chi connectivity index (χ4v) is 4.60. The number of allylic oxidation sites excluding steroid dienone is 1. The second-order valence-corrected chi connectivity index (χ2v) is 8.73. The first-order chi connectivity index (χ1) is 16.4. The van der Waals surface area contributed by atoms with Crippen LogP contribution in [0.1, 0.15) is 36.1 Å². The third-order valence-electron chi connectivity index (χ3n) is 6.48. The van der Waals surface area contributed by atoms with Gasteiger partial charge in [-0.25, -0.2) is 9.98 Å². The Morgan fingerprint density at radius 3 is 2.47 bits per heavy atom. The Morgan fingerprint density at radius 2 is 1.79 bits per heavy atom. The third-order valence-corrected chi connectivity index (χ3v) is 6.48. The van der Waals surface area contributed by atoms with Gasteiger partial charge in [0.05, 0.1) is 28.4 Å². The van der Waals surface area contributed by atoms with Crippen molar-refractivity contribution in [1.29, 1.82) is 5.26 Å². The van der Waals surface area contributed by atoms with Crippen LogP contribution in [0.25, 0.3) is 16.6 Å². The number of imidazole rings is 1. The van der Waals surface area contributed by atoms with Gasteiger partial charge in [0, 0.05) is 43.5 Å². The summed E-state index contributed by atoms with van der Waals surface area (Å²) in [5, 5.41) is 9.20. The van der Waals surface area contributed by atoms with Crippen LogP contribution in [0.4, 0.5) is 8.78 Å². The number of hydrogen-bond acceptors (Lipinski definition) is 6. The average molecular weight is 462 g/mol. The van der Waals surface area contributed by atoms with Crippen LogP contribution >= 0.6 is 0 Å². The molecule has 7 nitrogen and oxygen atoms in total. The Hall–Kier alpha value is -3.61. The number of rotatable bonds is 4. The molecule has 0 aliphatic carbocycles. The van der Waals surface area contributed by atoms with Gasteiger partial charge in [0.1, 0.15) is 6.33 Å². The molecule has 3 heterocycles. The first-order valence-electron chi connectivity index (χ1n) is 11.2. The van der Waals surface area contributed by atoms with Crippen molar-refractivity contribution in [3.63, 3.8) is 0 Å². The highest BCUT2D eigenvalue weighted by atomic mass is 19.3. The lowest BCUT2D eigenvalue weighted by atomic mass is 9.94. The zero-order valence-electron chi connectivity index (χ0n) is 18.8. The van der Waals surface area contributed by atoms with E-state index in [1.165, 1.54) is 0 Å². The second kappa shape index (κ2) is 8.97. The number of aromatic nitrogens is 2. The lowest BCUT2D eigenvalue weighted by molar-refractivity contribution is 0.0742. The van der Waals surface area contributed by atoms with Crippen LogP contribution in [0.2, 0.25) is 0 Å². The summed E-state index contributed by atoms with van der Waals surface area (Å²) in [4.78, 5) is 13.7. The maximum Gasteiger partial charge on any atom is 0.320 e. The summed E-state index contributed by atoms with van der Waals surface area (Å²) in [5.41, 5.74) is 10.9. The minimum absolute atomic E-state index is 0.177. The van der Waals surface area contributed by atoms with Crippen molar-refractivity contribution >= 4 is 22.3 Å². The lowest BCUT2D eigenvalue weighted by Crippen LogP contribution is -2.51. The van der Waals surface area contributed by atoms with Gasteiger partial charge in [0.2, 0.25) is 0 Å². The number of alkyl halides is 2. The number of aliphatic imine (C=N–C) groups is 1. The number of piperidine rings is 1. The summed E-state index contributed by atoms with van der Waals surface area (Å²) >= 11 is 0. The number of fused-ring (bicyclic) bond motifs is 1. The smallest absolute Gasteiger partial charge is 0.320 e. The van der Waals surface area contributed by atoms with Crippen LogP contribution in [0.5, 0.6) is 0 Å². The number of halogens is 2. The predicted octanol–water partition coefficient (Wildman–Crippen LogP) is 3.79. The molecule has 2 aliphatic heterocycles. The van der Waals surface area contributed by atoms with Crippen molar-refractivity contribution in [1.82, 2.24) is 19.4 Å². The molecule has 1 atom stereocenters. The molecule has 2 aliphatic rings. The highest BCUT2D eigenvalue weighted by Gasteiger charge is 2.30. The van der Waals surface area contributed by atoms with E-state index >= 15 is 0 Å². The van der Waals surface area contributed by atoms with Gasteiger partial charge >= 0.3 is 6.55 Å². The summed E-state index contributed by atoms with van der Waals surface area (Å²) in [6.07, 6.45) is 4.87. The van der Waals surface area contributed by atoms with Gasteiger partial charge in [-0.05, 0) is 42.7 Å². The number of nitriles is 1. The Kier molecular flexibility index (Phi) is 5.86. The maximum atomic E-state index is 13.3. The molecule has 9 heteroatoms. The van der Waals surface area contributed by atoms with E-state index in [-0.39, 0.29) is 12.3 Å². The molecular weight excluding hydrogens is 436 g/mol. The van der Waals surface area contributed by atoms with E-state index in [0.29, 0.717) is 16.6 Å². The molecule has 0 radical (unpaired) electrons. The van der Waals surface area contributed by atoms with Crippen LogP contribution in [0.3, 0.4) is 0 Å². The molecule has 34 heavy (non-hydrogen) atoms. The SMILES string of the molecule is CN1C=C(c2ccc3c(c2)ncn3C(F)F)C(c2ccc(C#N)cc2)=NC1N1CCC(N)CC1. The first-order valence-corrected chi connectivity index (χ1v) is 11.2. The van der Waals surface area contributed by atoms with Crippen molar-refractivity contribution in [3.8, 4) is 6.07 Å². The van der Waals surface area contributed by atoms with Crippen molar-refractivity contribution in [2.24, 2.45) is 10.7 Å². The van der Waals surface area contributed by atoms with Crippen molar-refractivity contribution in [3.05, 3.63) is 71.7 Å². The Morgan fingerprint density at radius 1 is 1.09 bits per heavy atom. The topological polar surface area (TPSA) is 86.5 Å². The quantitative estimate of drug-likeness (QED) is 0.639. The first kappa shape index (κ1) is 22.2. The van der Waals surface area contributed by atoms with E-state index < -0.39 is 6.55 Å².